The Balaban J connectivity index is 1.42. The number of nitrogens with zero attached hydrogens (tertiary/aromatic N) is 8. The van der Waals surface area contributed by atoms with Gasteiger partial charge in [0.1, 0.15) is 6.54 Å². The predicted octanol–water partition coefficient (Wildman–Crippen LogP) is 3.88. The van der Waals surface area contributed by atoms with E-state index in [9.17, 15) is 18.0 Å². The molecule has 0 radical (unpaired) electrons. The van der Waals surface area contributed by atoms with Crippen LogP contribution < -0.4 is 5.32 Å². The third-order valence-corrected chi connectivity index (χ3v) is 6.49. The van der Waals surface area contributed by atoms with Crippen molar-refractivity contribution in [2.75, 3.05) is 31.5 Å². The molecule has 1 aliphatic heterocycles. The monoisotopic (exact) mass is 553 g/mol. The normalized spacial score (nSPS) is 13.8. The number of carbonyl (C=O) groups is 1. The quantitative estimate of drug-likeness (QED) is 0.374. The molecule has 0 spiro atoms. The van der Waals surface area contributed by atoms with Crippen molar-refractivity contribution in [2.45, 2.75) is 12.7 Å². The van der Waals surface area contributed by atoms with Crippen LogP contribution in [0.5, 0.6) is 0 Å². The minimum Gasteiger partial charge on any atom is -0.337 e. The number of carbonyl (C=O) groups excluding carboxylic acids is 1. The van der Waals surface area contributed by atoms with E-state index in [1.165, 1.54) is 23.0 Å². The summed E-state index contributed by atoms with van der Waals surface area (Å²) in [6.45, 7) is 1.78. The smallest absolute Gasteiger partial charge is 0.337 e. The molecule has 198 valence electrons. The van der Waals surface area contributed by atoms with Crippen LogP contribution in [0.2, 0.25) is 5.02 Å². The molecule has 1 N–H and O–H groups in total. The van der Waals surface area contributed by atoms with Crippen LogP contribution >= 0.6 is 11.6 Å². The summed E-state index contributed by atoms with van der Waals surface area (Å²) in [6.07, 6.45) is 5.99. The summed E-state index contributed by atoms with van der Waals surface area (Å²) in [5.41, 5.74) is -0.154. The van der Waals surface area contributed by atoms with E-state index in [4.69, 9.17) is 23.3 Å². The molecular formula is C25H19ClF3N9O. The zero-order valence-electron chi connectivity index (χ0n) is 20.2. The molecule has 14 heteroatoms. The van der Waals surface area contributed by atoms with Gasteiger partial charge >= 0.3 is 6.18 Å². The van der Waals surface area contributed by atoms with Gasteiger partial charge in [-0.25, -0.2) is 9.97 Å². The van der Waals surface area contributed by atoms with Gasteiger partial charge in [0.25, 0.3) is 5.91 Å². The standard InChI is InChI=1S/C25H19ClF3N9O/c1-2-35-9-11-36(12-10-35)24(39)17-4-3-16(13-19(17)26)33-22-23-32-14-20(38(23)8-6-31-22)18-15-37(7-5-30)34-21(18)25(27,28)29/h1,3-4,6,8,13-15H,7,9-12H2,(H,31,33). The van der Waals surface area contributed by atoms with Crippen LogP contribution in [0.4, 0.5) is 24.7 Å². The number of halogens is 4. The lowest BCUT2D eigenvalue weighted by molar-refractivity contribution is -0.141. The van der Waals surface area contributed by atoms with Crippen LogP contribution in [0, 0.1) is 23.8 Å². The van der Waals surface area contributed by atoms with E-state index in [0.717, 1.165) is 10.9 Å². The molecule has 1 aliphatic rings. The second-order valence-electron chi connectivity index (χ2n) is 8.59. The molecule has 3 aromatic heterocycles. The summed E-state index contributed by atoms with van der Waals surface area (Å²) in [5, 5.41) is 15.7. The first-order valence-corrected chi connectivity index (χ1v) is 12.0. The second kappa shape index (κ2) is 10.2. The summed E-state index contributed by atoms with van der Waals surface area (Å²) in [4.78, 5) is 25.0. The summed E-state index contributed by atoms with van der Waals surface area (Å²) in [5.74, 6) is 0.0426. The zero-order chi connectivity index (χ0) is 27.7. The van der Waals surface area contributed by atoms with Gasteiger partial charge in [-0.15, -0.1) is 0 Å². The van der Waals surface area contributed by atoms with Crippen LogP contribution in [0.3, 0.4) is 0 Å². The van der Waals surface area contributed by atoms with Gasteiger partial charge < -0.3 is 15.1 Å². The number of hydrogen-bond donors (Lipinski definition) is 1. The van der Waals surface area contributed by atoms with Crippen LogP contribution in [-0.2, 0) is 12.7 Å². The Bertz CT molecular complexity index is 1640. The largest absolute Gasteiger partial charge is 0.435 e. The average molecular weight is 554 g/mol. The van der Waals surface area contributed by atoms with Crippen molar-refractivity contribution in [1.29, 1.82) is 5.26 Å². The van der Waals surface area contributed by atoms with Crippen molar-refractivity contribution in [2.24, 2.45) is 0 Å². The molecule has 1 saturated heterocycles. The molecule has 0 aliphatic carbocycles. The van der Waals surface area contributed by atoms with Gasteiger partial charge in [-0.1, -0.05) is 18.0 Å². The molecule has 0 saturated carbocycles. The van der Waals surface area contributed by atoms with Crippen molar-refractivity contribution in [3.05, 3.63) is 59.3 Å². The highest BCUT2D eigenvalue weighted by Crippen LogP contribution is 2.37. The van der Waals surface area contributed by atoms with Gasteiger partial charge in [0.2, 0.25) is 0 Å². The van der Waals surface area contributed by atoms with Crippen LogP contribution in [0.1, 0.15) is 16.1 Å². The number of hydrogen-bond acceptors (Lipinski definition) is 7. The first kappa shape index (κ1) is 25.9. The molecule has 0 atom stereocenters. The molecule has 1 aromatic carbocycles. The molecule has 1 amide bonds. The maximum absolute atomic E-state index is 13.7. The fraction of sp³-hybridized carbons (Fsp3) is 0.240. The number of benzene rings is 1. The fourth-order valence-corrected chi connectivity index (χ4v) is 4.55. The maximum Gasteiger partial charge on any atom is 0.435 e. The third-order valence-electron chi connectivity index (χ3n) is 6.18. The SMILES string of the molecule is C#CN1CCN(C(=O)c2ccc(Nc3nccn4c(-c5cn(CC#N)nc5C(F)(F)F)cnc34)cc2Cl)CC1. The number of nitriles is 1. The van der Waals surface area contributed by atoms with Crippen LogP contribution in [0.15, 0.2) is 43.0 Å². The predicted molar refractivity (Wildman–Crippen MR) is 136 cm³/mol. The van der Waals surface area contributed by atoms with Crippen molar-refractivity contribution in [1.82, 2.24) is 33.9 Å². The lowest BCUT2D eigenvalue weighted by Gasteiger charge is -2.32. The van der Waals surface area contributed by atoms with Gasteiger partial charge in [-0.05, 0) is 18.2 Å². The Morgan fingerprint density at radius 1 is 1.21 bits per heavy atom. The van der Waals surface area contributed by atoms with E-state index in [-0.39, 0.29) is 40.2 Å². The van der Waals surface area contributed by atoms with Crippen LogP contribution in [0.25, 0.3) is 16.9 Å². The van der Waals surface area contributed by atoms with E-state index < -0.39 is 11.9 Å². The summed E-state index contributed by atoms with van der Waals surface area (Å²) in [6, 6.07) is 9.16. The van der Waals surface area contributed by atoms with Crippen molar-refractivity contribution < 1.29 is 18.0 Å². The molecule has 1 fully saturated rings. The molecule has 4 heterocycles. The van der Waals surface area contributed by atoms with Gasteiger partial charge in [-0.3, -0.25) is 13.9 Å². The number of anilines is 2. The maximum atomic E-state index is 13.7. The van der Waals surface area contributed by atoms with Crippen molar-refractivity contribution in [3.8, 4) is 29.8 Å². The first-order chi connectivity index (χ1) is 18.7. The summed E-state index contributed by atoms with van der Waals surface area (Å²) >= 11 is 6.45. The number of terminal acetylenes is 1. The lowest BCUT2D eigenvalue weighted by atomic mass is 10.1. The molecule has 10 nitrogen and oxygen atoms in total. The van der Waals surface area contributed by atoms with E-state index in [1.807, 2.05) is 0 Å². The molecule has 4 aromatic rings. The number of piperazine rings is 1. The topological polar surface area (TPSA) is 107 Å². The molecule has 5 rings (SSSR count). The molecule has 0 bridgehead atoms. The van der Waals surface area contributed by atoms with Gasteiger partial charge in [0, 0.05) is 56.5 Å². The second-order valence-corrected chi connectivity index (χ2v) is 8.99. The number of amides is 1. The average Bonchev–Trinajstić information content (AvgIpc) is 3.54. The number of nitrogens with one attached hydrogen (secondary N) is 1. The Morgan fingerprint density at radius 2 is 1.97 bits per heavy atom. The van der Waals surface area contributed by atoms with E-state index in [1.54, 1.807) is 34.1 Å². The Kier molecular flexibility index (Phi) is 6.76. The van der Waals surface area contributed by atoms with E-state index >= 15 is 0 Å². The van der Waals surface area contributed by atoms with Crippen molar-refractivity contribution in [3.63, 3.8) is 0 Å². The van der Waals surface area contributed by atoms with E-state index in [2.05, 4.69) is 26.4 Å². The highest BCUT2D eigenvalue weighted by molar-refractivity contribution is 6.34. The van der Waals surface area contributed by atoms with Gasteiger partial charge in [-0.2, -0.15) is 23.5 Å². The lowest BCUT2D eigenvalue weighted by Crippen LogP contribution is -2.47. The Labute approximate surface area is 225 Å². The Morgan fingerprint density at radius 3 is 2.64 bits per heavy atom. The number of alkyl halides is 3. The summed E-state index contributed by atoms with van der Waals surface area (Å²) in [7, 11) is 0. The minimum absolute atomic E-state index is 0.121. The summed E-state index contributed by atoms with van der Waals surface area (Å²) < 4.78 is 43.4. The minimum atomic E-state index is -4.74. The zero-order valence-corrected chi connectivity index (χ0v) is 20.9. The Hall–Kier alpha value is -4.75. The third kappa shape index (κ3) is 5.04. The molecule has 0 unspecified atom stereocenters. The number of aromatic nitrogens is 5. The van der Waals surface area contributed by atoms with Crippen LogP contribution in [-0.4, -0.2) is 66.0 Å². The fourth-order valence-electron chi connectivity index (χ4n) is 4.29. The first-order valence-electron chi connectivity index (χ1n) is 11.6. The molecule has 39 heavy (non-hydrogen) atoms. The molecular weight excluding hydrogens is 535 g/mol. The number of fused-ring (bicyclic) bond motifs is 1. The van der Waals surface area contributed by atoms with Crippen molar-refractivity contribution >= 4 is 34.7 Å². The number of imidazole rings is 1. The number of rotatable bonds is 5. The highest BCUT2D eigenvalue weighted by atomic mass is 35.5. The van der Waals surface area contributed by atoms with Gasteiger partial charge in [0.15, 0.2) is 17.2 Å². The highest BCUT2D eigenvalue weighted by Gasteiger charge is 2.38. The van der Waals surface area contributed by atoms with E-state index in [0.29, 0.717) is 37.4 Å². The van der Waals surface area contributed by atoms with Gasteiger partial charge in [0.05, 0.1) is 34.1 Å².